The number of nitrogens with one attached hydrogen (secondary N) is 2. The molecule has 0 radical (unpaired) electrons. The summed E-state index contributed by atoms with van der Waals surface area (Å²) in [6.07, 6.45) is 1.50. The molecule has 6 nitrogen and oxygen atoms in total. The van der Waals surface area contributed by atoms with Crippen molar-refractivity contribution in [3.63, 3.8) is 0 Å². The lowest BCUT2D eigenvalue weighted by Gasteiger charge is -2.09. The predicted molar refractivity (Wildman–Crippen MR) is 93.9 cm³/mol. The second-order valence-corrected chi connectivity index (χ2v) is 6.85. The summed E-state index contributed by atoms with van der Waals surface area (Å²) in [5.74, 6) is -0.570. The van der Waals surface area contributed by atoms with Crippen molar-refractivity contribution in [2.45, 2.75) is 4.90 Å². The van der Waals surface area contributed by atoms with Crippen LogP contribution in [0.5, 0.6) is 0 Å². The lowest BCUT2D eigenvalue weighted by Crippen LogP contribution is -2.41. The molecular weight excluding hydrogens is 338 g/mol. The molecule has 126 valence electrons. The fourth-order valence-electron chi connectivity index (χ4n) is 2.18. The summed E-state index contributed by atoms with van der Waals surface area (Å²) < 4.78 is 24.2. The summed E-state index contributed by atoms with van der Waals surface area (Å²) in [7, 11) is -3.82. The molecule has 7 heteroatoms. The average Bonchev–Trinajstić information content (AvgIpc) is 2.68. The van der Waals surface area contributed by atoms with Gasteiger partial charge < -0.3 is 0 Å². The van der Waals surface area contributed by atoms with Gasteiger partial charge in [0.05, 0.1) is 10.6 Å². The van der Waals surface area contributed by atoms with Gasteiger partial charge in [-0.25, -0.2) is 8.42 Å². The first-order valence-electron chi connectivity index (χ1n) is 7.45. The Kier molecular flexibility index (Phi) is 4.87. The Balaban J connectivity index is 1.74. The van der Waals surface area contributed by atoms with Gasteiger partial charge in [-0.15, -0.1) is 4.83 Å². The third-order valence-corrected chi connectivity index (χ3v) is 4.71. The van der Waals surface area contributed by atoms with Crippen LogP contribution >= 0.6 is 0 Å². The van der Waals surface area contributed by atoms with Gasteiger partial charge >= 0.3 is 0 Å². The molecule has 1 aromatic heterocycles. The molecule has 3 rings (SSSR count). The van der Waals surface area contributed by atoms with E-state index in [9.17, 15) is 13.2 Å². The third-order valence-electron chi connectivity index (χ3n) is 3.44. The molecule has 0 aliphatic carbocycles. The van der Waals surface area contributed by atoms with Crippen LogP contribution in [0.25, 0.3) is 11.3 Å². The molecule has 25 heavy (non-hydrogen) atoms. The van der Waals surface area contributed by atoms with Gasteiger partial charge in [0.25, 0.3) is 15.9 Å². The standard InChI is InChI=1S/C18H15N3O3S/c22-18(20-21-25(23,24)16-9-5-2-6-10-16)15-11-12-19-17(13-15)14-7-3-1-4-8-14/h1-13,21H,(H,20,22). The highest BCUT2D eigenvalue weighted by Gasteiger charge is 2.15. The molecule has 0 saturated heterocycles. The van der Waals surface area contributed by atoms with E-state index < -0.39 is 15.9 Å². The number of pyridine rings is 1. The van der Waals surface area contributed by atoms with Crippen LogP contribution in [0.3, 0.4) is 0 Å². The lowest BCUT2D eigenvalue weighted by atomic mass is 10.1. The van der Waals surface area contributed by atoms with Crippen molar-refractivity contribution in [1.29, 1.82) is 0 Å². The first-order valence-corrected chi connectivity index (χ1v) is 8.93. The maximum absolute atomic E-state index is 12.2. The highest BCUT2D eigenvalue weighted by atomic mass is 32.2. The van der Waals surface area contributed by atoms with Crippen LogP contribution in [0, 0.1) is 0 Å². The fraction of sp³-hybridized carbons (Fsp3) is 0. The maximum atomic E-state index is 12.2. The Morgan fingerprint density at radius 3 is 2.20 bits per heavy atom. The van der Waals surface area contributed by atoms with Crippen LogP contribution in [0.4, 0.5) is 0 Å². The van der Waals surface area contributed by atoms with E-state index in [4.69, 9.17) is 0 Å². The molecule has 0 fully saturated rings. The number of rotatable bonds is 5. The van der Waals surface area contributed by atoms with Gasteiger partial charge in [0.15, 0.2) is 0 Å². The summed E-state index contributed by atoms with van der Waals surface area (Å²) in [4.78, 5) is 18.6. The summed E-state index contributed by atoms with van der Waals surface area (Å²) in [6.45, 7) is 0. The number of nitrogens with zero attached hydrogens (tertiary/aromatic N) is 1. The third kappa shape index (κ3) is 4.09. The first-order chi connectivity index (χ1) is 12.1. The number of hydrazine groups is 1. The minimum atomic E-state index is -3.82. The number of amides is 1. The van der Waals surface area contributed by atoms with Gasteiger partial charge in [-0.2, -0.15) is 0 Å². The Morgan fingerprint density at radius 1 is 0.880 bits per heavy atom. The zero-order valence-corrected chi connectivity index (χ0v) is 13.9. The van der Waals surface area contributed by atoms with Crippen LogP contribution < -0.4 is 10.3 Å². The Bertz CT molecular complexity index is 975. The monoisotopic (exact) mass is 353 g/mol. The normalized spacial score (nSPS) is 11.0. The van der Waals surface area contributed by atoms with Crippen LogP contribution in [-0.2, 0) is 10.0 Å². The maximum Gasteiger partial charge on any atom is 0.266 e. The molecule has 0 unspecified atom stereocenters. The van der Waals surface area contributed by atoms with E-state index in [-0.39, 0.29) is 4.90 Å². The number of sulfonamides is 1. The van der Waals surface area contributed by atoms with Crippen molar-refractivity contribution < 1.29 is 13.2 Å². The van der Waals surface area contributed by atoms with Crippen LogP contribution in [0.2, 0.25) is 0 Å². The smallest absolute Gasteiger partial charge is 0.266 e. The molecule has 1 amide bonds. The average molecular weight is 353 g/mol. The molecule has 0 aliphatic heterocycles. The second-order valence-electron chi connectivity index (χ2n) is 5.17. The molecular formula is C18H15N3O3S. The van der Waals surface area contributed by atoms with E-state index in [2.05, 4.69) is 15.2 Å². The zero-order chi connectivity index (χ0) is 17.7. The molecule has 3 aromatic rings. The van der Waals surface area contributed by atoms with Gasteiger partial charge in [-0.1, -0.05) is 48.5 Å². The Labute approximate surface area is 145 Å². The number of carbonyl (C=O) groups is 1. The summed E-state index contributed by atoms with van der Waals surface area (Å²) in [5, 5.41) is 0. The molecule has 0 aliphatic rings. The molecule has 1 heterocycles. The molecule has 2 aromatic carbocycles. The first kappa shape index (κ1) is 16.8. The van der Waals surface area contributed by atoms with Crippen molar-refractivity contribution >= 4 is 15.9 Å². The van der Waals surface area contributed by atoms with Crippen LogP contribution in [0.1, 0.15) is 10.4 Å². The highest BCUT2D eigenvalue weighted by molar-refractivity contribution is 7.89. The lowest BCUT2D eigenvalue weighted by molar-refractivity contribution is 0.0945. The zero-order valence-electron chi connectivity index (χ0n) is 13.1. The van der Waals surface area contributed by atoms with E-state index >= 15 is 0 Å². The van der Waals surface area contributed by atoms with Gasteiger partial charge in [0, 0.05) is 17.3 Å². The summed E-state index contributed by atoms with van der Waals surface area (Å²) in [6, 6.07) is 20.3. The van der Waals surface area contributed by atoms with Gasteiger partial charge in [0.1, 0.15) is 0 Å². The number of hydrogen-bond donors (Lipinski definition) is 2. The Hall–Kier alpha value is -3.03. The van der Waals surface area contributed by atoms with E-state index in [1.807, 2.05) is 30.3 Å². The van der Waals surface area contributed by atoms with E-state index in [0.717, 1.165) is 5.56 Å². The van der Waals surface area contributed by atoms with E-state index in [0.29, 0.717) is 11.3 Å². The summed E-state index contributed by atoms with van der Waals surface area (Å²) >= 11 is 0. The minimum Gasteiger partial charge on any atom is -0.273 e. The van der Waals surface area contributed by atoms with Crippen molar-refractivity contribution in [3.8, 4) is 11.3 Å². The quantitative estimate of drug-likeness (QED) is 0.689. The largest absolute Gasteiger partial charge is 0.273 e. The van der Waals surface area contributed by atoms with E-state index in [1.54, 1.807) is 24.3 Å². The highest BCUT2D eigenvalue weighted by Crippen LogP contribution is 2.17. The van der Waals surface area contributed by atoms with Crippen molar-refractivity contribution in [1.82, 2.24) is 15.2 Å². The number of carbonyl (C=O) groups excluding carboxylic acids is 1. The molecule has 0 spiro atoms. The number of benzene rings is 2. The topological polar surface area (TPSA) is 88.2 Å². The van der Waals surface area contributed by atoms with Crippen molar-refractivity contribution in [3.05, 3.63) is 84.6 Å². The number of hydrogen-bond acceptors (Lipinski definition) is 4. The van der Waals surface area contributed by atoms with Gasteiger partial charge in [0.2, 0.25) is 0 Å². The van der Waals surface area contributed by atoms with E-state index in [1.165, 1.54) is 24.4 Å². The Morgan fingerprint density at radius 2 is 1.52 bits per heavy atom. The van der Waals surface area contributed by atoms with Gasteiger partial charge in [-0.05, 0) is 24.3 Å². The fourth-order valence-corrected chi connectivity index (χ4v) is 3.04. The number of aromatic nitrogens is 1. The molecule has 2 N–H and O–H groups in total. The van der Waals surface area contributed by atoms with Crippen molar-refractivity contribution in [2.24, 2.45) is 0 Å². The predicted octanol–water partition coefficient (Wildman–Crippen LogP) is 2.37. The minimum absolute atomic E-state index is 0.0648. The molecule has 0 bridgehead atoms. The van der Waals surface area contributed by atoms with Crippen LogP contribution in [0.15, 0.2) is 83.9 Å². The second kappa shape index (κ2) is 7.25. The SMILES string of the molecule is O=C(NNS(=O)(=O)c1ccccc1)c1ccnc(-c2ccccc2)c1. The summed E-state index contributed by atoms with van der Waals surface area (Å²) in [5.41, 5.74) is 3.99. The van der Waals surface area contributed by atoms with Gasteiger partial charge in [-0.3, -0.25) is 15.2 Å². The van der Waals surface area contributed by atoms with Crippen molar-refractivity contribution in [2.75, 3.05) is 0 Å². The molecule has 0 atom stereocenters. The molecule has 0 saturated carbocycles. The van der Waals surface area contributed by atoms with Crippen LogP contribution in [-0.4, -0.2) is 19.3 Å².